The van der Waals surface area contributed by atoms with Gasteiger partial charge in [0.15, 0.2) is 0 Å². The van der Waals surface area contributed by atoms with E-state index >= 15 is 0 Å². The third-order valence-corrected chi connectivity index (χ3v) is 3.03. The first-order valence-electron chi connectivity index (χ1n) is 6.39. The van der Waals surface area contributed by atoms with Gasteiger partial charge in [-0.25, -0.2) is 0 Å². The molecule has 6 heteroatoms. The molecule has 2 rings (SSSR count). The van der Waals surface area contributed by atoms with Gasteiger partial charge in [-0.1, -0.05) is 18.2 Å². The molecular weight excluding hydrogens is 272 g/mol. The van der Waals surface area contributed by atoms with Crippen LogP contribution in [0.15, 0.2) is 48.5 Å². The van der Waals surface area contributed by atoms with Gasteiger partial charge in [-0.3, -0.25) is 14.9 Å². The maximum Gasteiger partial charge on any atom is 0.282 e. The largest absolute Gasteiger partial charge is 0.508 e. The Hall–Kier alpha value is -2.89. The summed E-state index contributed by atoms with van der Waals surface area (Å²) in [7, 11) is 0. The molecule has 0 bridgehead atoms. The zero-order valence-electron chi connectivity index (χ0n) is 11.4. The molecule has 0 saturated heterocycles. The van der Waals surface area contributed by atoms with Crippen LogP contribution in [0, 0.1) is 10.1 Å². The predicted molar refractivity (Wildman–Crippen MR) is 78.6 cm³/mol. The first-order valence-corrected chi connectivity index (χ1v) is 6.39. The van der Waals surface area contributed by atoms with Crippen LogP contribution in [0.1, 0.15) is 17.3 Å². The van der Waals surface area contributed by atoms with Crippen molar-refractivity contribution in [1.29, 1.82) is 0 Å². The molecule has 2 aromatic carbocycles. The van der Waals surface area contributed by atoms with Gasteiger partial charge in [0.1, 0.15) is 11.3 Å². The molecule has 0 aliphatic heterocycles. The minimum absolute atomic E-state index is 0.0210. The molecule has 1 amide bonds. The number of para-hydroxylation sites is 1. The number of benzene rings is 2. The molecule has 0 heterocycles. The Morgan fingerprint density at radius 1 is 1.24 bits per heavy atom. The smallest absolute Gasteiger partial charge is 0.282 e. The Morgan fingerprint density at radius 2 is 1.95 bits per heavy atom. The van der Waals surface area contributed by atoms with Gasteiger partial charge in [0.05, 0.1) is 4.92 Å². The van der Waals surface area contributed by atoms with Crippen molar-refractivity contribution in [2.24, 2.45) is 0 Å². The number of nitro groups is 1. The standard InChI is InChI=1S/C15H14N2O4/c1-2-16(11-6-5-7-12(18)10-11)15(19)13-8-3-4-9-14(13)17(20)21/h3-10,18H,2H2,1H3. The second-order valence-electron chi connectivity index (χ2n) is 4.34. The summed E-state index contributed by atoms with van der Waals surface area (Å²) in [5.74, 6) is -0.447. The molecule has 0 aromatic heterocycles. The van der Waals surface area contributed by atoms with Crippen LogP contribution in [0.3, 0.4) is 0 Å². The number of hydrogen-bond acceptors (Lipinski definition) is 4. The average Bonchev–Trinajstić information content (AvgIpc) is 2.48. The molecule has 0 aliphatic carbocycles. The van der Waals surface area contributed by atoms with E-state index in [1.807, 2.05) is 0 Å². The highest BCUT2D eigenvalue weighted by atomic mass is 16.6. The fourth-order valence-electron chi connectivity index (χ4n) is 2.06. The van der Waals surface area contributed by atoms with E-state index in [0.29, 0.717) is 12.2 Å². The second kappa shape index (κ2) is 6.04. The highest BCUT2D eigenvalue weighted by Gasteiger charge is 2.24. The number of anilines is 1. The van der Waals surface area contributed by atoms with Gasteiger partial charge in [0.25, 0.3) is 11.6 Å². The zero-order valence-corrected chi connectivity index (χ0v) is 11.4. The number of carbonyl (C=O) groups excluding carboxylic acids is 1. The summed E-state index contributed by atoms with van der Waals surface area (Å²) in [6, 6.07) is 12.0. The molecule has 6 nitrogen and oxygen atoms in total. The number of nitrogens with zero attached hydrogens (tertiary/aromatic N) is 2. The lowest BCUT2D eigenvalue weighted by Gasteiger charge is -2.21. The van der Waals surface area contributed by atoms with Crippen LogP contribution in [-0.2, 0) is 0 Å². The van der Waals surface area contributed by atoms with Gasteiger partial charge < -0.3 is 10.0 Å². The molecule has 0 atom stereocenters. The molecule has 0 unspecified atom stereocenters. The second-order valence-corrected chi connectivity index (χ2v) is 4.34. The summed E-state index contributed by atoms with van der Waals surface area (Å²) in [6.45, 7) is 2.09. The van der Waals surface area contributed by atoms with Gasteiger partial charge in [-0.05, 0) is 25.1 Å². The van der Waals surface area contributed by atoms with E-state index in [1.165, 1.54) is 35.2 Å². The number of rotatable bonds is 4. The minimum Gasteiger partial charge on any atom is -0.508 e. The Kier molecular flexibility index (Phi) is 4.18. The Bertz CT molecular complexity index is 685. The molecule has 0 aliphatic rings. The van der Waals surface area contributed by atoms with Crippen molar-refractivity contribution < 1.29 is 14.8 Å². The van der Waals surface area contributed by atoms with Crippen LogP contribution in [-0.4, -0.2) is 22.5 Å². The Balaban J connectivity index is 2.44. The summed E-state index contributed by atoms with van der Waals surface area (Å²) in [5.41, 5.74) is 0.273. The van der Waals surface area contributed by atoms with E-state index in [-0.39, 0.29) is 17.0 Å². The van der Waals surface area contributed by atoms with Crippen LogP contribution in [0.2, 0.25) is 0 Å². The number of aromatic hydroxyl groups is 1. The van der Waals surface area contributed by atoms with Gasteiger partial charge in [-0.2, -0.15) is 0 Å². The van der Waals surface area contributed by atoms with Crippen molar-refractivity contribution >= 4 is 17.3 Å². The number of phenolic OH excluding ortho intramolecular Hbond substituents is 1. The SMILES string of the molecule is CCN(C(=O)c1ccccc1[N+](=O)[O-])c1cccc(O)c1. The molecule has 0 fully saturated rings. The van der Waals surface area contributed by atoms with Gasteiger partial charge >= 0.3 is 0 Å². The number of amides is 1. The van der Waals surface area contributed by atoms with Gasteiger partial charge in [-0.15, -0.1) is 0 Å². The summed E-state index contributed by atoms with van der Waals surface area (Å²) in [5, 5.41) is 20.5. The maximum absolute atomic E-state index is 12.6. The number of nitro benzene ring substituents is 1. The van der Waals surface area contributed by atoms with E-state index < -0.39 is 10.8 Å². The van der Waals surface area contributed by atoms with Crippen LogP contribution in [0.4, 0.5) is 11.4 Å². The van der Waals surface area contributed by atoms with Crippen LogP contribution in [0.5, 0.6) is 5.75 Å². The Morgan fingerprint density at radius 3 is 2.57 bits per heavy atom. The third kappa shape index (κ3) is 3.00. The molecule has 0 radical (unpaired) electrons. The summed E-state index contributed by atoms with van der Waals surface area (Å²) in [4.78, 5) is 24.4. The fourth-order valence-corrected chi connectivity index (χ4v) is 2.06. The average molecular weight is 286 g/mol. The molecule has 2 aromatic rings. The lowest BCUT2D eigenvalue weighted by atomic mass is 10.1. The van der Waals surface area contributed by atoms with Crippen molar-refractivity contribution in [3.63, 3.8) is 0 Å². The Labute approximate surface area is 121 Å². The normalized spacial score (nSPS) is 10.1. The van der Waals surface area contributed by atoms with Gasteiger partial charge in [0.2, 0.25) is 0 Å². The van der Waals surface area contributed by atoms with Crippen LogP contribution in [0.25, 0.3) is 0 Å². The van der Waals surface area contributed by atoms with E-state index in [0.717, 1.165) is 0 Å². The number of hydrogen-bond donors (Lipinski definition) is 1. The lowest BCUT2D eigenvalue weighted by Crippen LogP contribution is -2.31. The quantitative estimate of drug-likeness (QED) is 0.691. The van der Waals surface area contributed by atoms with Crippen LogP contribution >= 0.6 is 0 Å². The van der Waals surface area contributed by atoms with E-state index in [1.54, 1.807) is 25.1 Å². The summed E-state index contributed by atoms with van der Waals surface area (Å²) >= 11 is 0. The molecule has 1 N–H and O–H groups in total. The van der Waals surface area contributed by atoms with Crippen molar-refractivity contribution in [1.82, 2.24) is 0 Å². The molecule has 108 valence electrons. The molecule has 0 spiro atoms. The highest BCUT2D eigenvalue weighted by molar-refractivity contribution is 6.08. The number of carbonyl (C=O) groups is 1. The van der Waals surface area contributed by atoms with Crippen molar-refractivity contribution in [2.75, 3.05) is 11.4 Å². The van der Waals surface area contributed by atoms with Crippen LogP contribution < -0.4 is 4.90 Å². The minimum atomic E-state index is -0.580. The van der Waals surface area contributed by atoms with Crippen molar-refractivity contribution in [2.45, 2.75) is 6.92 Å². The van der Waals surface area contributed by atoms with Crippen molar-refractivity contribution in [3.05, 3.63) is 64.2 Å². The van der Waals surface area contributed by atoms with E-state index in [2.05, 4.69) is 0 Å². The van der Waals surface area contributed by atoms with E-state index in [4.69, 9.17) is 0 Å². The molecule has 0 saturated carbocycles. The van der Waals surface area contributed by atoms with Gasteiger partial charge in [0, 0.05) is 24.4 Å². The summed E-state index contributed by atoms with van der Waals surface area (Å²) in [6.07, 6.45) is 0. The number of phenols is 1. The predicted octanol–water partition coefficient (Wildman–Crippen LogP) is 2.97. The topological polar surface area (TPSA) is 83.7 Å². The maximum atomic E-state index is 12.6. The third-order valence-electron chi connectivity index (χ3n) is 3.03. The molecular formula is C15H14N2O4. The first-order chi connectivity index (χ1) is 10.0. The summed E-state index contributed by atoms with van der Waals surface area (Å²) < 4.78 is 0. The highest BCUT2D eigenvalue weighted by Crippen LogP contribution is 2.25. The monoisotopic (exact) mass is 286 g/mol. The van der Waals surface area contributed by atoms with Crippen molar-refractivity contribution in [3.8, 4) is 5.75 Å². The first kappa shape index (κ1) is 14.5. The lowest BCUT2D eigenvalue weighted by molar-refractivity contribution is -0.385. The zero-order chi connectivity index (χ0) is 15.4. The van der Waals surface area contributed by atoms with E-state index in [9.17, 15) is 20.0 Å². The fraction of sp³-hybridized carbons (Fsp3) is 0.133. The molecule has 21 heavy (non-hydrogen) atoms.